The van der Waals surface area contributed by atoms with E-state index in [2.05, 4.69) is 44.0 Å². The highest BCUT2D eigenvalue weighted by Gasteiger charge is 2.07. The fraction of sp³-hybridized carbons (Fsp3) is 0.400. The number of hydrogen-bond donors (Lipinski definition) is 0. The lowest BCUT2D eigenvalue weighted by molar-refractivity contribution is 0.734. The molecule has 0 radical (unpaired) electrons. The second-order valence-corrected chi connectivity index (χ2v) is 4.94. The molecule has 0 N–H and O–H groups in total. The Morgan fingerprint density at radius 2 is 2.00 bits per heavy atom. The van der Waals surface area contributed by atoms with Gasteiger partial charge in [-0.25, -0.2) is 0 Å². The van der Waals surface area contributed by atoms with Crippen LogP contribution in [-0.2, 0) is 6.42 Å². The SMILES string of the molecule is CCc1cc(Cl)c2cc(C(C)CC)ccc2n1. The van der Waals surface area contributed by atoms with Crippen LogP contribution in [0.5, 0.6) is 0 Å². The van der Waals surface area contributed by atoms with Crippen LogP contribution in [0.1, 0.15) is 44.4 Å². The van der Waals surface area contributed by atoms with Gasteiger partial charge in [0.15, 0.2) is 0 Å². The zero-order valence-electron chi connectivity index (χ0n) is 10.6. The molecule has 0 saturated carbocycles. The minimum absolute atomic E-state index is 0.571. The largest absolute Gasteiger partial charge is 0.253 e. The minimum atomic E-state index is 0.571. The van der Waals surface area contributed by atoms with Gasteiger partial charge in [-0.1, -0.05) is 38.4 Å². The molecule has 0 bridgehead atoms. The fourth-order valence-electron chi connectivity index (χ4n) is 1.98. The summed E-state index contributed by atoms with van der Waals surface area (Å²) in [4.78, 5) is 4.60. The summed E-state index contributed by atoms with van der Waals surface area (Å²) in [6.45, 7) is 6.54. The maximum atomic E-state index is 6.32. The molecule has 2 rings (SSSR count). The summed E-state index contributed by atoms with van der Waals surface area (Å²) < 4.78 is 0. The van der Waals surface area contributed by atoms with Crippen LogP contribution >= 0.6 is 11.6 Å². The normalized spacial score (nSPS) is 12.9. The molecular formula is C15H18ClN. The van der Waals surface area contributed by atoms with Crippen LogP contribution in [-0.4, -0.2) is 4.98 Å². The molecule has 1 aromatic carbocycles. The molecule has 0 aliphatic heterocycles. The molecule has 1 unspecified atom stereocenters. The van der Waals surface area contributed by atoms with Crippen molar-refractivity contribution in [2.75, 3.05) is 0 Å². The molecule has 17 heavy (non-hydrogen) atoms. The van der Waals surface area contributed by atoms with Gasteiger partial charge in [0.25, 0.3) is 0 Å². The van der Waals surface area contributed by atoms with Gasteiger partial charge < -0.3 is 0 Å². The third-order valence-corrected chi connectivity index (χ3v) is 3.69. The molecule has 2 aromatic rings. The van der Waals surface area contributed by atoms with Crippen molar-refractivity contribution < 1.29 is 0 Å². The Balaban J connectivity index is 2.58. The van der Waals surface area contributed by atoms with Gasteiger partial charge >= 0.3 is 0 Å². The van der Waals surface area contributed by atoms with E-state index in [1.807, 2.05) is 6.07 Å². The molecule has 0 aliphatic rings. The summed E-state index contributed by atoms with van der Waals surface area (Å²) in [5.41, 5.74) is 3.40. The Bertz CT molecular complexity index is 534. The van der Waals surface area contributed by atoms with Crippen molar-refractivity contribution in [2.24, 2.45) is 0 Å². The summed E-state index contributed by atoms with van der Waals surface area (Å²) in [5, 5.41) is 1.89. The maximum absolute atomic E-state index is 6.32. The van der Waals surface area contributed by atoms with Crippen LogP contribution < -0.4 is 0 Å². The van der Waals surface area contributed by atoms with Gasteiger partial charge in [0.05, 0.1) is 10.5 Å². The Labute approximate surface area is 108 Å². The predicted molar refractivity (Wildman–Crippen MR) is 74.8 cm³/mol. The van der Waals surface area contributed by atoms with E-state index in [0.717, 1.165) is 34.5 Å². The molecule has 90 valence electrons. The topological polar surface area (TPSA) is 12.9 Å². The van der Waals surface area contributed by atoms with Crippen molar-refractivity contribution in [3.63, 3.8) is 0 Å². The quantitative estimate of drug-likeness (QED) is 0.747. The Kier molecular flexibility index (Phi) is 3.68. The first-order valence-corrected chi connectivity index (χ1v) is 6.62. The zero-order valence-corrected chi connectivity index (χ0v) is 11.4. The van der Waals surface area contributed by atoms with E-state index in [0.29, 0.717) is 5.92 Å². The number of benzene rings is 1. The van der Waals surface area contributed by atoms with Gasteiger partial charge in [0, 0.05) is 11.1 Å². The average Bonchev–Trinajstić information content (AvgIpc) is 2.37. The second-order valence-electron chi connectivity index (χ2n) is 4.53. The predicted octanol–water partition coefficient (Wildman–Crippen LogP) is 4.96. The first-order valence-electron chi connectivity index (χ1n) is 6.24. The van der Waals surface area contributed by atoms with Crippen LogP contribution in [0.3, 0.4) is 0 Å². The van der Waals surface area contributed by atoms with Gasteiger partial charge in [-0.3, -0.25) is 4.98 Å². The number of fused-ring (bicyclic) bond motifs is 1. The monoisotopic (exact) mass is 247 g/mol. The Hall–Kier alpha value is -1.08. The number of hydrogen-bond acceptors (Lipinski definition) is 1. The molecule has 0 aliphatic carbocycles. The smallest absolute Gasteiger partial charge is 0.0720 e. The lowest BCUT2D eigenvalue weighted by atomic mass is 9.97. The first-order chi connectivity index (χ1) is 8.15. The number of aryl methyl sites for hydroxylation is 1. The summed E-state index contributed by atoms with van der Waals surface area (Å²) in [6, 6.07) is 8.41. The van der Waals surface area contributed by atoms with Crippen molar-refractivity contribution in [3.8, 4) is 0 Å². The first kappa shape index (κ1) is 12.4. The molecular weight excluding hydrogens is 230 g/mol. The number of aromatic nitrogens is 1. The summed E-state index contributed by atoms with van der Waals surface area (Å²) in [5.74, 6) is 0.571. The number of pyridine rings is 1. The maximum Gasteiger partial charge on any atom is 0.0720 e. The number of rotatable bonds is 3. The van der Waals surface area contributed by atoms with Crippen molar-refractivity contribution in [1.82, 2.24) is 4.98 Å². The van der Waals surface area contributed by atoms with Crippen molar-refractivity contribution in [3.05, 3.63) is 40.5 Å². The van der Waals surface area contributed by atoms with Gasteiger partial charge in [-0.2, -0.15) is 0 Å². The van der Waals surface area contributed by atoms with E-state index in [-0.39, 0.29) is 0 Å². The lowest BCUT2D eigenvalue weighted by Gasteiger charge is -2.11. The summed E-state index contributed by atoms with van der Waals surface area (Å²) in [6.07, 6.45) is 2.06. The van der Waals surface area contributed by atoms with E-state index >= 15 is 0 Å². The molecule has 0 spiro atoms. The van der Waals surface area contributed by atoms with Crippen molar-refractivity contribution in [1.29, 1.82) is 0 Å². The van der Waals surface area contributed by atoms with Crippen LogP contribution in [0.25, 0.3) is 10.9 Å². The van der Waals surface area contributed by atoms with Gasteiger partial charge in [0.1, 0.15) is 0 Å². The average molecular weight is 248 g/mol. The highest BCUT2D eigenvalue weighted by atomic mass is 35.5. The summed E-state index contributed by atoms with van der Waals surface area (Å²) >= 11 is 6.32. The Morgan fingerprint density at radius 1 is 1.24 bits per heavy atom. The zero-order chi connectivity index (χ0) is 12.4. The van der Waals surface area contributed by atoms with E-state index in [4.69, 9.17) is 11.6 Å². The molecule has 1 heterocycles. The molecule has 0 amide bonds. The van der Waals surface area contributed by atoms with Gasteiger partial charge in [0.2, 0.25) is 0 Å². The van der Waals surface area contributed by atoms with Crippen LogP contribution in [0, 0.1) is 0 Å². The molecule has 1 aromatic heterocycles. The highest BCUT2D eigenvalue weighted by molar-refractivity contribution is 6.35. The van der Waals surface area contributed by atoms with Crippen LogP contribution in [0.4, 0.5) is 0 Å². The van der Waals surface area contributed by atoms with E-state index in [1.54, 1.807) is 0 Å². The lowest BCUT2D eigenvalue weighted by Crippen LogP contribution is -1.94. The molecule has 2 heteroatoms. The molecule has 0 fully saturated rings. The van der Waals surface area contributed by atoms with Crippen LogP contribution in [0.15, 0.2) is 24.3 Å². The van der Waals surface area contributed by atoms with Crippen molar-refractivity contribution >= 4 is 22.5 Å². The fourth-order valence-corrected chi connectivity index (χ4v) is 2.25. The van der Waals surface area contributed by atoms with E-state index in [9.17, 15) is 0 Å². The Morgan fingerprint density at radius 3 is 2.65 bits per heavy atom. The summed E-state index contributed by atoms with van der Waals surface area (Å²) in [7, 11) is 0. The van der Waals surface area contributed by atoms with Gasteiger partial charge in [-0.15, -0.1) is 0 Å². The standard InChI is InChI=1S/C15H18ClN/c1-4-10(3)11-6-7-15-13(8-11)14(16)9-12(5-2)17-15/h6-10H,4-5H2,1-3H3. The van der Waals surface area contributed by atoms with Gasteiger partial charge in [-0.05, 0) is 42.5 Å². The minimum Gasteiger partial charge on any atom is -0.253 e. The third-order valence-electron chi connectivity index (χ3n) is 3.38. The highest BCUT2D eigenvalue weighted by Crippen LogP contribution is 2.28. The number of nitrogens with zero attached hydrogens (tertiary/aromatic N) is 1. The molecule has 0 saturated heterocycles. The molecule has 1 nitrogen and oxygen atoms in total. The van der Waals surface area contributed by atoms with E-state index in [1.165, 1.54) is 5.56 Å². The van der Waals surface area contributed by atoms with E-state index < -0.39 is 0 Å². The van der Waals surface area contributed by atoms with Crippen molar-refractivity contribution in [2.45, 2.75) is 39.5 Å². The molecule has 1 atom stereocenters. The second kappa shape index (κ2) is 5.05. The number of halogens is 1. The third kappa shape index (κ3) is 2.44. The van der Waals surface area contributed by atoms with Crippen LogP contribution in [0.2, 0.25) is 5.02 Å².